The molecule has 0 spiro atoms. The Labute approximate surface area is 77.6 Å². The first-order valence-corrected chi connectivity index (χ1v) is 4.07. The highest BCUT2D eigenvalue weighted by Gasteiger charge is 2.01. The third-order valence-electron chi connectivity index (χ3n) is 1.25. The van der Waals surface area contributed by atoms with Crippen LogP contribution >= 0.6 is 0 Å². The van der Waals surface area contributed by atoms with Gasteiger partial charge in [-0.2, -0.15) is 0 Å². The molecular formula is C8H17NO4. The van der Waals surface area contributed by atoms with E-state index in [9.17, 15) is 4.79 Å². The smallest absolute Gasteiger partial charge is 0.303 e. The van der Waals surface area contributed by atoms with Crippen LogP contribution in [-0.4, -0.2) is 28.2 Å². The molecular weight excluding hydrogens is 174 g/mol. The average Bonchev–Trinajstić information content (AvgIpc) is 1.99. The van der Waals surface area contributed by atoms with Crippen LogP contribution in [0.15, 0.2) is 0 Å². The maximum Gasteiger partial charge on any atom is 0.303 e. The van der Waals surface area contributed by atoms with Gasteiger partial charge in [-0.15, -0.1) is 0 Å². The standard InChI is InChI=1S/C6H13NO2.C2H4O2/c1-2-5(7)3-4-6(8)9;1-2(3)4/h5H,2-4,7H2,1H3,(H,8,9);1H3,(H,3,4)/t5-;/m1./s1. The van der Waals surface area contributed by atoms with Gasteiger partial charge >= 0.3 is 5.97 Å². The minimum absolute atomic E-state index is 0.0566. The molecule has 0 aliphatic carbocycles. The van der Waals surface area contributed by atoms with Crippen molar-refractivity contribution in [2.75, 3.05) is 0 Å². The quantitative estimate of drug-likeness (QED) is 0.606. The number of carbonyl (C=O) groups is 2. The highest BCUT2D eigenvalue weighted by atomic mass is 16.4. The third kappa shape index (κ3) is 24.8. The monoisotopic (exact) mass is 191 g/mol. The SMILES string of the molecule is CC(=O)O.CC[C@@H](N)CCC(=O)O. The Morgan fingerprint density at radius 2 is 1.77 bits per heavy atom. The summed E-state index contributed by atoms with van der Waals surface area (Å²) in [7, 11) is 0. The molecule has 0 aliphatic heterocycles. The Bertz CT molecular complexity index is 154. The molecule has 0 heterocycles. The predicted octanol–water partition coefficient (Wildman–Crippen LogP) is 0.679. The summed E-state index contributed by atoms with van der Waals surface area (Å²) in [4.78, 5) is 19.0. The van der Waals surface area contributed by atoms with E-state index in [1.807, 2.05) is 6.92 Å². The van der Waals surface area contributed by atoms with Gasteiger partial charge in [0.15, 0.2) is 0 Å². The molecule has 13 heavy (non-hydrogen) atoms. The number of aliphatic carboxylic acids is 2. The second-order valence-corrected chi connectivity index (χ2v) is 2.62. The largest absolute Gasteiger partial charge is 0.481 e. The van der Waals surface area contributed by atoms with Crippen LogP contribution in [0.5, 0.6) is 0 Å². The lowest BCUT2D eigenvalue weighted by molar-refractivity contribution is -0.137. The van der Waals surface area contributed by atoms with E-state index in [4.69, 9.17) is 20.7 Å². The maximum absolute atomic E-state index is 9.96. The minimum Gasteiger partial charge on any atom is -0.481 e. The molecule has 0 saturated carbocycles. The van der Waals surface area contributed by atoms with E-state index in [1.54, 1.807) is 0 Å². The van der Waals surface area contributed by atoms with Crippen molar-refractivity contribution in [1.82, 2.24) is 0 Å². The molecule has 0 aromatic rings. The van der Waals surface area contributed by atoms with Crippen molar-refractivity contribution >= 4 is 11.9 Å². The van der Waals surface area contributed by atoms with E-state index in [0.717, 1.165) is 13.3 Å². The van der Waals surface area contributed by atoms with Crippen LogP contribution in [0.1, 0.15) is 33.1 Å². The molecule has 0 aliphatic rings. The summed E-state index contributed by atoms with van der Waals surface area (Å²) >= 11 is 0. The summed E-state index contributed by atoms with van der Waals surface area (Å²) < 4.78 is 0. The molecule has 4 N–H and O–H groups in total. The Balaban J connectivity index is 0. The van der Waals surface area contributed by atoms with Gasteiger partial charge in [-0.25, -0.2) is 0 Å². The van der Waals surface area contributed by atoms with Crippen molar-refractivity contribution in [2.24, 2.45) is 5.73 Å². The molecule has 0 amide bonds. The fraction of sp³-hybridized carbons (Fsp3) is 0.750. The van der Waals surface area contributed by atoms with Crippen LogP contribution in [-0.2, 0) is 9.59 Å². The van der Waals surface area contributed by atoms with E-state index in [0.29, 0.717) is 6.42 Å². The van der Waals surface area contributed by atoms with Crippen molar-refractivity contribution in [1.29, 1.82) is 0 Å². The minimum atomic E-state index is -0.833. The van der Waals surface area contributed by atoms with Gasteiger partial charge in [0.05, 0.1) is 0 Å². The van der Waals surface area contributed by atoms with Gasteiger partial charge in [-0.05, 0) is 12.8 Å². The number of rotatable bonds is 4. The van der Waals surface area contributed by atoms with Gasteiger partial charge < -0.3 is 15.9 Å². The molecule has 5 nitrogen and oxygen atoms in total. The van der Waals surface area contributed by atoms with E-state index in [2.05, 4.69) is 0 Å². The van der Waals surface area contributed by atoms with Crippen molar-refractivity contribution in [3.63, 3.8) is 0 Å². The molecule has 78 valence electrons. The van der Waals surface area contributed by atoms with Gasteiger partial charge in [-0.3, -0.25) is 9.59 Å². The summed E-state index contributed by atoms with van der Waals surface area (Å²) in [5.74, 6) is -1.60. The summed E-state index contributed by atoms with van der Waals surface area (Å²) in [5.41, 5.74) is 5.46. The van der Waals surface area contributed by atoms with E-state index >= 15 is 0 Å². The first kappa shape index (κ1) is 14.4. The van der Waals surface area contributed by atoms with Gasteiger partial charge in [0.1, 0.15) is 0 Å². The highest BCUT2D eigenvalue weighted by Crippen LogP contribution is 1.96. The van der Waals surface area contributed by atoms with Crippen LogP contribution in [0, 0.1) is 0 Å². The van der Waals surface area contributed by atoms with Gasteiger partial charge in [0.2, 0.25) is 0 Å². The van der Waals surface area contributed by atoms with Gasteiger partial charge in [-0.1, -0.05) is 6.92 Å². The summed E-state index contributed by atoms with van der Waals surface area (Å²) in [6.07, 6.45) is 1.63. The van der Waals surface area contributed by atoms with Crippen molar-refractivity contribution in [3.8, 4) is 0 Å². The van der Waals surface area contributed by atoms with Crippen LogP contribution in [0.3, 0.4) is 0 Å². The van der Waals surface area contributed by atoms with Crippen LogP contribution in [0.25, 0.3) is 0 Å². The molecule has 0 bridgehead atoms. The lowest BCUT2D eigenvalue weighted by Crippen LogP contribution is -2.19. The number of hydrogen-bond donors (Lipinski definition) is 3. The topological polar surface area (TPSA) is 101 Å². The lowest BCUT2D eigenvalue weighted by atomic mass is 10.1. The lowest BCUT2D eigenvalue weighted by Gasteiger charge is -2.03. The second kappa shape index (κ2) is 8.99. The zero-order valence-corrected chi connectivity index (χ0v) is 7.99. The van der Waals surface area contributed by atoms with E-state index < -0.39 is 11.9 Å². The Hall–Kier alpha value is -1.10. The normalized spacial score (nSPS) is 11.0. The Morgan fingerprint density at radius 3 is 2.00 bits per heavy atom. The number of carboxylic acid groups (broad SMARTS) is 2. The first-order chi connectivity index (χ1) is 5.90. The fourth-order valence-corrected chi connectivity index (χ4v) is 0.513. The highest BCUT2D eigenvalue weighted by molar-refractivity contribution is 5.66. The van der Waals surface area contributed by atoms with Crippen molar-refractivity contribution < 1.29 is 19.8 Å². The molecule has 0 rings (SSSR count). The van der Waals surface area contributed by atoms with Crippen molar-refractivity contribution in [3.05, 3.63) is 0 Å². The number of nitrogens with two attached hydrogens (primary N) is 1. The fourth-order valence-electron chi connectivity index (χ4n) is 0.513. The van der Waals surface area contributed by atoms with Crippen LogP contribution in [0.2, 0.25) is 0 Å². The number of carboxylic acids is 2. The third-order valence-corrected chi connectivity index (χ3v) is 1.25. The van der Waals surface area contributed by atoms with Gasteiger partial charge in [0.25, 0.3) is 5.97 Å². The molecule has 0 radical (unpaired) electrons. The average molecular weight is 191 g/mol. The summed E-state index contributed by atoms with van der Waals surface area (Å²) in [6.45, 7) is 3.03. The van der Waals surface area contributed by atoms with Crippen LogP contribution in [0.4, 0.5) is 0 Å². The zero-order valence-electron chi connectivity index (χ0n) is 7.99. The van der Waals surface area contributed by atoms with Crippen LogP contribution < -0.4 is 5.73 Å². The predicted molar refractivity (Wildman–Crippen MR) is 48.4 cm³/mol. The summed E-state index contributed by atoms with van der Waals surface area (Å²) in [5, 5.41) is 15.6. The molecule has 0 saturated heterocycles. The molecule has 0 aromatic carbocycles. The summed E-state index contributed by atoms with van der Waals surface area (Å²) in [6, 6.07) is 0.0566. The maximum atomic E-state index is 9.96. The Kier molecular flexibility index (Phi) is 9.98. The van der Waals surface area contributed by atoms with Gasteiger partial charge in [0, 0.05) is 19.4 Å². The molecule has 1 atom stereocenters. The van der Waals surface area contributed by atoms with E-state index in [-0.39, 0.29) is 12.5 Å². The molecule has 5 heteroatoms. The zero-order chi connectivity index (χ0) is 10.9. The second-order valence-electron chi connectivity index (χ2n) is 2.62. The number of hydrogen-bond acceptors (Lipinski definition) is 3. The van der Waals surface area contributed by atoms with Crippen molar-refractivity contribution in [2.45, 2.75) is 39.2 Å². The molecule has 0 aromatic heterocycles. The first-order valence-electron chi connectivity index (χ1n) is 4.07. The molecule has 0 unspecified atom stereocenters. The molecule has 0 fully saturated rings. The van der Waals surface area contributed by atoms with E-state index in [1.165, 1.54) is 0 Å². The Morgan fingerprint density at radius 1 is 1.38 bits per heavy atom.